The molecule has 0 radical (unpaired) electrons. The summed E-state index contributed by atoms with van der Waals surface area (Å²) in [4.78, 5) is 0. The first-order valence-corrected chi connectivity index (χ1v) is 6.84. The maximum Gasteiger partial charge on any atom is 0.0869 e. The van der Waals surface area contributed by atoms with Gasteiger partial charge in [0.05, 0.1) is 6.10 Å². The van der Waals surface area contributed by atoms with Gasteiger partial charge in [-0.25, -0.2) is 0 Å². The summed E-state index contributed by atoms with van der Waals surface area (Å²) < 4.78 is 1.22. The number of aliphatic hydroxyl groups excluding tert-OH is 1. The summed E-state index contributed by atoms with van der Waals surface area (Å²) in [6, 6.07) is 8.19. The molecule has 1 aromatic carbocycles. The molecule has 0 spiro atoms. The standard InChI is InChI=1S/C14H19NOS/c1-3-14(2,9-15)13(16)11-8-17-12-7-5-4-6-10(11)12/h4-8,13,16H,3,9,15H2,1-2H3. The van der Waals surface area contributed by atoms with Crippen LogP contribution in [-0.4, -0.2) is 11.7 Å². The summed E-state index contributed by atoms with van der Waals surface area (Å²) in [7, 11) is 0. The van der Waals surface area contributed by atoms with E-state index in [0.29, 0.717) is 6.54 Å². The van der Waals surface area contributed by atoms with Crippen molar-refractivity contribution in [2.24, 2.45) is 11.1 Å². The van der Waals surface area contributed by atoms with Crippen LogP contribution in [0.5, 0.6) is 0 Å². The van der Waals surface area contributed by atoms with E-state index in [2.05, 4.69) is 24.4 Å². The molecular weight excluding hydrogens is 230 g/mol. The van der Waals surface area contributed by atoms with Gasteiger partial charge >= 0.3 is 0 Å². The lowest BCUT2D eigenvalue weighted by atomic mass is 9.78. The zero-order chi connectivity index (χ0) is 12.5. The largest absolute Gasteiger partial charge is 0.388 e. The van der Waals surface area contributed by atoms with Gasteiger partial charge in [0.15, 0.2) is 0 Å². The maximum absolute atomic E-state index is 10.6. The zero-order valence-electron chi connectivity index (χ0n) is 10.3. The molecule has 0 aliphatic carbocycles. The fourth-order valence-corrected chi connectivity index (χ4v) is 3.01. The Morgan fingerprint density at radius 1 is 1.41 bits per heavy atom. The van der Waals surface area contributed by atoms with E-state index in [9.17, 15) is 5.11 Å². The highest BCUT2D eigenvalue weighted by molar-refractivity contribution is 7.17. The molecule has 0 aliphatic heterocycles. The molecule has 2 atom stereocenters. The lowest BCUT2D eigenvalue weighted by Crippen LogP contribution is -2.33. The monoisotopic (exact) mass is 249 g/mol. The molecule has 2 aromatic rings. The first-order chi connectivity index (χ1) is 8.12. The molecule has 17 heavy (non-hydrogen) atoms. The Balaban J connectivity index is 2.46. The van der Waals surface area contributed by atoms with Crippen molar-refractivity contribution in [1.82, 2.24) is 0 Å². The second-order valence-electron chi connectivity index (χ2n) is 4.80. The molecule has 0 amide bonds. The Bertz CT molecular complexity index is 502. The zero-order valence-corrected chi connectivity index (χ0v) is 11.1. The van der Waals surface area contributed by atoms with E-state index in [0.717, 1.165) is 17.4 Å². The van der Waals surface area contributed by atoms with Crippen LogP contribution in [0.4, 0.5) is 0 Å². The van der Waals surface area contributed by atoms with Gasteiger partial charge in [-0.2, -0.15) is 0 Å². The molecule has 0 aliphatic rings. The average Bonchev–Trinajstić information content (AvgIpc) is 2.80. The highest BCUT2D eigenvalue weighted by Gasteiger charge is 2.32. The predicted octanol–water partition coefficient (Wildman–Crippen LogP) is 3.31. The lowest BCUT2D eigenvalue weighted by Gasteiger charge is -2.32. The summed E-state index contributed by atoms with van der Waals surface area (Å²) in [6.45, 7) is 4.61. The van der Waals surface area contributed by atoms with E-state index in [4.69, 9.17) is 5.73 Å². The highest BCUT2D eigenvalue weighted by Crippen LogP contribution is 2.40. The van der Waals surface area contributed by atoms with Crippen molar-refractivity contribution in [3.63, 3.8) is 0 Å². The minimum atomic E-state index is -0.492. The van der Waals surface area contributed by atoms with Gasteiger partial charge in [0.2, 0.25) is 0 Å². The molecule has 0 bridgehead atoms. The van der Waals surface area contributed by atoms with Crippen LogP contribution in [0.15, 0.2) is 29.6 Å². The number of hydrogen-bond acceptors (Lipinski definition) is 3. The van der Waals surface area contributed by atoms with E-state index < -0.39 is 6.10 Å². The number of rotatable bonds is 4. The van der Waals surface area contributed by atoms with Crippen molar-refractivity contribution in [2.45, 2.75) is 26.4 Å². The minimum absolute atomic E-state index is 0.246. The Labute approximate surface area is 106 Å². The van der Waals surface area contributed by atoms with E-state index in [1.165, 1.54) is 4.70 Å². The molecule has 3 heteroatoms. The third kappa shape index (κ3) is 2.10. The predicted molar refractivity (Wildman–Crippen MR) is 74.2 cm³/mol. The van der Waals surface area contributed by atoms with Crippen molar-refractivity contribution in [3.05, 3.63) is 35.2 Å². The van der Waals surface area contributed by atoms with Crippen LogP contribution in [0.3, 0.4) is 0 Å². The smallest absolute Gasteiger partial charge is 0.0869 e. The lowest BCUT2D eigenvalue weighted by molar-refractivity contribution is 0.0406. The van der Waals surface area contributed by atoms with Crippen LogP contribution in [-0.2, 0) is 0 Å². The fourth-order valence-electron chi connectivity index (χ4n) is 2.03. The Kier molecular flexibility index (Phi) is 3.52. The summed E-state index contributed by atoms with van der Waals surface area (Å²) in [5, 5.41) is 13.8. The molecule has 0 saturated carbocycles. The molecule has 0 saturated heterocycles. The topological polar surface area (TPSA) is 46.2 Å². The van der Waals surface area contributed by atoms with Gasteiger partial charge < -0.3 is 10.8 Å². The highest BCUT2D eigenvalue weighted by atomic mass is 32.1. The van der Waals surface area contributed by atoms with E-state index >= 15 is 0 Å². The molecule has 2 unspecified atom stereocenters. The van der Waals surface area contributed by atoms with Gasteiger partial charge in [-0.05, 0) is 28.8 Å². The molecule has 2 rings (SSSR count). The number of fused-ring (bicyclic) bond motifs is 1. The van der Waals surface area contributed by atoms with Crippen LogP contribution in [0.1, 0.15) is 31.9 Å². The molecule has 1 heterocycles. The van der Waals surface area contributed by atoms with Crippen molar-refractivity contribution < 1.29 is 5.11 Å². The van der Waals surface area contributed by atoms with Crippen molar-refractivity contribution in [3.8, 4) is 0 Å². The minimum Gasteiger partial charge on any atom is -0.388 e. The number of hydrogen-bond donors (Lipinski definition) is 2. The third-order valence-electron chi connectivity index (χ3n) is 3.74. The summed E-state index contributed by atoms with van der Waals surface area (Å²) in [5.41, 5.74) is 6.58. The van der Waals surface area contributed by atoms with Crippen LogP contribution in [0.25, 0.3) is 10.1 Å². The summed E-state index contributed by atoms with van der Waals surface area (Å²) in [6.07, 6.45) is 0.378. The van der Waals surface area contributed by atoms with Gasteiger partial charge in [0.25, 0.3) is 0 Å². The number of aliphatic hydroxyl groups is 1. The van der Waals surface area contributed by atoms with Gasteiger partial charge in [0.1, 0.15) is 0 Å². The molecule has 92 valence electrons. The van der Waals surface area contributed by atoms with Crippen molar-refractivity contribution in [1.29, 1.82) is 0 Å². The van der Waals surface area contributed by atoms with Gasteiger partial charge in [-0.15, -0.1) is 11.3 Å². The SMILES string of the molecule is CCC(C)(CN)C(O)c1csc2ccccc12. The fraction of sp³-hybridized carbons (Fsp3) is 0.429. The van der Waals surface area contributed by atoms with E-state index in [1.54, 1.807) is 11.3 Å². The number of nitrogens with two attached hydrogens (primary N) is 1. The van der Waals surface area contributed by atoms with Gasteiger partial charge in [-0.3, -0.25) is 0 Å². The molecule has 3 N–H and O–H groups in total. The quantitative estimate of drug-likeness (QED) is 0.873. The van der Waals surface area contributed by atoms with Crippen LogP contribution >= 0.6 is 11.3 Å². The molecule has 2 nitrogen and oxygen atoms in total. The third-order valence-corrected chi connectivity index (χ3v) is 4.72. The number of thiophene rings is 1. The van der Waals surface area contributed by atoms with E-state index in [-0.39, 0.29) is 5.41 Å². The second-order valence-corrected chi connectivity index (χ2v) is 5.71. The number of benzene rings is 1. The Morgan fingerprint density at radius 2 is 2.12 bits per heavy atom. The van der Waals surface area contributed by atoms with E-state index in [1.807, 2.05) is 19.1 Å². The van der Waals surface area contributed by atoms with Crippen LogP contribution < -0.4 is 5.73 Å². The summed E-state index contributed by atoms with van der Waals surface area (Å²) >= 11 is 1.68. The Morgan fingerprint density at radius 3 is 2.76 bits per heavy atom. The summed E-state index contributed by atoms with van der Waals surface area (Å²) in [5.74, 6) is 0. The first kappa shape index (κ1) is 12.6. The maximum atomic E-state index is 10.6. The average molecular weight is 249 g/mol. The molecule has 1 aromatic heterocycles. The van der Waals surface area contributed by atoms with Gasteiger partial charge in [-0.1, -0.05) is 32.0 Å². The molecular formula is C14H19NOS. The van der Waals surface area contributed by atoms with Gasteiger partial charge in [0, 0.05) is 16.7 Å². The Hall–Kier alpha value is -0.900. The van der Waals surface area contributed by atoms with Crippen LogP contribution in [0, 0.1) is 5.41 Å². The second kappa shape index (κ2) is 4.77. The molecule has 0 fully saturated rings. The van der Waals surface area contributed by atoms with Crippen molar-refractivity contribution >= 4 is 21.4 Å². The van der Waals surface area contributed by atoms with Crippen LogP contribution in [0.2, 0.25) is 0 Å². The van der Waals surface area contributed by atoms with Crippen molar-refractivity contribution in [2.75, 3.05) is 6.54 Å². The first-order valence-electron chi connectivity index (χ1n) is 5.96. The normalized spacial score (nSPS) is 16.9.